The van der Waals surface area contributed by atoms with Crippen LogP contribution >= 0.6 is 11.3 Å². The van der Waals surface area contributed by atoms with Crippen LogP contribution in [0.15, 0.2) is 51.0 Å². The largest absolute Gasteiger partial charge is 0.450 e. The van der Waals surface area contributed by atoms with Gasteiger partial charge in [-0.15, -0.1) is 11.3 Å². The highest BCUT2D eigenvalue weighted by Gasteiger charge is 2.42. The Hall–Kier alpha value is -2.44. The topological polar surface area (TPSA) is 53.8 Å². The lowest BCUT2D eigenvalue weighted by Crippen LogP contribution is -2.35. The fraction of sp³-hybridized carbons (Fsp3) is 0.263. The third-order valence-corrected chi connectivity index (χ3v) is 5.40. The van der Waals surface area contributed by atoms with Crippen LogP contribution in [0.5, 0.6) is 0 Å². The van der Waals surface area contributed by atoms with E-state index < -0.39 is 0 Å². The van der Waals surface area contributed by atoms with Gasteiger partial charge in [-0.05, 0) is 37.7 Å². The lowest BCUT2D eigenvalue weighted by atomic mass is 10.0. The first-order valence-corrected chi connectivity index (χ1v) is 9.00. The molecule has 128 valence electrons. The molecule has 1 aliphatic rings. The number of fused-ring (bicyclic) bond motifs is 2. The zero-order valence-corrected chi connectivity index (χ0v) is 14.9. The summed E-state index contributed by atoms with van der Waals surface area (Å²) in [5, 5.41) is 2.48. The molecule has 0 bridgehead atoms. The van der Waals surface area contributed by atoms with Gasteiger partial charge in [-0.2, -0.15) is 0 Å². The van der Waals surface area contributed by atoms with Gasteiger partial charge in [-0.1, -0.05) is 18.2 Å². The number of likely N-dealkylation sites (N-methyl/N-ethyl adjacent to an activating group) is 1. The number of hydrogen-bond acceptors (Lipinski definition) is 5. The monoisotopic (exact) mass is 354 g/mol. The van der Waals surface area contributed by atoms with Crippen LogP contribution in [0.3, 0.4) is 0 Å². The number of rotatable bonds is 4. The highest BCUT2D eigenvalue weighted by molar-refractivity contribution is 7.10. The molecule has 1 atom stereocenters. The molecule has 25 heavy (non-hydrogen) atoms. The second kappa shape index (κ2) is 6.13. The van der Waals surface area contributed by atoms with Crippen molar-refractivity contribution in [3.8, 4) is 0 Å². The molecule has 0 fully saturated rings. The van der Waals surface area contributed by atoms with E-state index in [1.54, 1.807) is 34.4 Å². The van der Waals surface area contributed by atoms with E-state index in [0.717, 1.165) is 11.4 Å². The van der Waals surface area contributed by atoms with E-state index in [2.05, 4.69) is 0 Å². The molecule has 0 radical (unpaired) electrons. The lowest BCUT2D eigenvalue weighted by molar-refractivity contribution is 0.0718. The first kappa shape index (κ1) is 16.1. The van der Waals surface area contributed by atoms with Gasteiger partial charge in [0.05, 0.1) is 17.0 Å². The van der Waals surface area contributed by atoms with Crippen LogP contribution in [0.2, 0.25) is 0 Å². The van der Waals surface area contributed by atoms with Crippen LogP contribution in [-0.2, 0) is 0 Å². The molecule has 0 saturated heterocycles. The van der Waals surface area contributed by atoms with Crippen molar-refractivity contribution in [2.45, 2.75) is 6.04 Å². The first-order chi connectivity index (χ1) is 12.1. The molecule has 5 nitrogen and oxygen atoms in total. The zero-order chi connectivity index (χ0) is 17.6. The Morgan fingerprint density at radius 3 is 2.68 bits per heavy atom. The van der Waals surface area contributed by atoms with E-state index in [9.17, 15) is 9.59 Å². The van der Waals surface area contributed by atoms with Crippen LogP contribution < -0.4 is 5.43 Å². The fourth-order valence-electron chi connectivity index (χ4n) is 3.25. The minimum absolute atomic E-state index is 0.115. The average Bonchev–Trinajstić information content (AvgIpc) is 3.21. The van der Waals surface area contributed by atoms with Gasteiger partial charge in [0.25, 0.3) is 5.91 Å². The van der Waals surface area contributed by atoms with Crippen LogP contribution in [0.1, 0.15) is 27.0 Å². The first-order valence-electron chi connectivity index (χ1n) is 8.13. The molecule has 6 heteroatoms. The molecule has 0 aliphatic carbocycles. The van der Waals surface area contributed by atoms with Crippen molar-refractivity contribution in [1.82, 2.24) is 9.80 Å². The molecule has 1 amide bonds. The number of hydrogen-bond donors (Lipinski definition) is 0. The summed E-state index contributed by atoms with van der Waals surface area (Å²) in [6.45, 7) is 1.25. The van der Waals surface area contributed by atoms with E-state index in [1.807, 2.05) is 42.6 Å². The maximum atomic E-state index is 13.1. The average molecular weight is 354 g/mol. The molecule has 3 aromatic rings. The standard InChI is InChI=1S/C19H18N2O3S/c1-20(2)9-10-21-16(14-8-5-11-25-14)15-17(22)12-6-3-4-7-13(12)24-18(15)19(21)23/h3-8,11,16H,9-10H2,1-2H3/t16-/m0/s1. The fourth-order valence-corrected chi connectivity index (χ4v) is 4.09. The van der Waals surface area contributed by atoms with Gasteiger partial charge in [-0.3, -0.25) is 9.59 Å². The van der Waals surface area contributed by atoms with E-state index in [1.165, 1.54) is 0 Å². The van der Waals surface area contributed by atoms with Gasteiger partial charge in [0, 0.05) is 18.0 Å². The van der Waals surface area contributed by atoms with Crippen molar-refractivity contribution >= 4 is 28.2 Å². The highest BCUT2D eigenvalue weighted by atomic mass is 32.1. The number of carbonyl (C=O) groups is 1. The molecule has 4 rings (SSSR count). The van der Waals surface area contributed by atoms with E-state index in [0.29, 0.717) is 23.1 Å². The molecule has 0 saturated carbocycles. The maximum Gasteiger partial charge on any atom is 0.290 e. The molecule has 0 N–H and O–H groups in total. The number of para-hydroxylation sites is 1. The summed E-state index contributed by atoms with van der Waals surface area (Å²) < 4.78 is 5.86. The Labute approximate surface area is 149 Å². The minimum atomic E-state index is -0.372. The maximum absolute atomic E-state index is 13.1. The number of carbonyl (C=O) groups excluding carboxylic acids is 1. The van der Waals surface area contributed by atoms with Gasteiger partial charge in [0.1, 0.15) is 5.58 Å². The summed E-state index contributed by atoms with van der Waals surface area (Å²) in [5.41, 5.74) is 0.805. The van der Waals surface area contributed by atoms with E-state index in [-0.39, 0.29) is 23.1 Å². The summed E-state index contributed by atoms with van der Waals surface area (Å²) in [5.74, 6) is -0.0287. The second-order valence-corrected chi connectivity index (χ2v) is 7.37. The molecule has 1 aliphatic heterocycles. The van der Waals surface area contributed by atoms with Gasteiger partial charge >= 0.3 is 0 Å². The summed E-state index contributed by atoms with van der Waals surface area (Å²) in [6.07, 6.45) is 0. The number of thiophene rings is 1. The summed E-state index contributed by atoms with van der Waals surface area (Å²) in [4.78, 5) is 30.9. The molecule has 0 spiro atoms. The predicted octanol–water partition coefficient (Wildman–Crippen LogP) is 2.96. The smallest absolute Gasteiger partial charge is 0.290 e. The molecule has 0 unspecified atom stereocenters. The molecule has 3 heterocycles. The van der Waals surface area contributed by atoms with Gasteiger partial charge < -0.3 is 14.2 Å². The lowest BCUT2D eigenvalue weighted by Gasteiger charge is -2.25. The van der Waals surface area contributed by atoms with Crippen molar-refractivity contribution in [2.24, 2.45) is 0 Å². The second-order valence-electron chi connectivity index (χ2n) is 6.39. The number of benzene rings is 1. The van der Waals surface area contributed by atoms with Crippen LogP contribution in [-0.4, -0.2) is 42.9 Å². The Morgan fingerprint density at radius 1 is 1.16 bits per heavy atom. The molecule has 1 aromatic carbocycles. The van der Waals surface area contributed by atoms with Gasteiger partial charge in [-0.25, -0.2) is 0 Å². The van der Waals surface area contributed by atoms with Crippen LogP contribution in [0.25, 0.3) is 11.0 Å². The normalized spacial score (nSPS) is 16.8. The number of amides is 1. The third kappa shape index (κ3) is 2.58. The Morgan fingerprint density at radius 2 is 1.96 bits per heavy atom. The van der Waals surface area contributed by atoms with Crippen LogP contribution in [0.4, 0.5) is 0 Å². The number of nitrogens with zero attached hydrogens (tertiary/aromatic N) is 2. The van der Waals surface area contributed by atoms with Crippen molar-refractivity contribution < 1.29 is 9.21 Å². The summed E-state index contributed by atoms with van der Waals surface area (Å²) >= 11 is 1.55. The minimum Gasteiger partial charge on any atom is -0.450 e. The van der Waals surface area contributed by atoms with Crippen LogP contribution in [0, 0.1) is 0 Å². The third-order valence-electron chi connectivity index (χ3n) is 4.47. The van der Waals surface area contributed by atoms with Crippen molar-refractivity contribution in [1.29, 1.82) is 0 Å². The summed E-state index contributed by atoms with van der Waals surface area (Å²) in [7, 11) is 3.93. The Kier molecular flexibility index (Phi) is 3.94. The van der Waals surface area contributed by atoms with Crippen molar-refractivity contribution in [3.05, 3.63) is 68.2 Å². The van der Waals surface area contributed by atoms with Gasteiger partial charge in [0.15, 0.2) is 5.43 Å². The van der Waals surface area contributed by atoms with Crippen molar-refractivity contribution in [2.75, 3.05) is 27.2 Å². The Bertz CT molecular complexity index is 992. The highest BCUT2D eigenvalue weighted by Crippen LogP contribution is 2.39. The zero-order valence-electron chi connectivity index (χ0n) is 14.1. The predicted molar refractivity (Wildman–Crippen MR) is 98.2 cm³/mol. The summed E-state index contributed by atoms with van der Waals surface area (Å²) in [6, 6.07) is 10.6. The van der Waals surface area contributed by atoms with Crippen molar-refractivity contribution in [3.63, 3.8) is 0 Å². The van der Waals surface area contributed by atoms with E-state index in [4.69, 9.17) is 4.42 Å². The molecular formula is C19H18N2O3S. The molecular weight excluding hydrogens is 336 g/mol. The Balaban J connectivity index is 1.92. The SMILES string of the molecule is CN(C)CCN1C(=O)c2oc3ccccc3c(=O)c2[C@@H]1c1cccs1. The molecule has 2 aromatic heterocycles. The van der Waals surface area contributed by atoms with Gasteiger partial charge in [0.2, 0.25) is 5.76 Å². The quantitative estimate of drug-likeness (QED) is 0.723. The van der Waals surface area contributed by atoms with E-state index >= 15 is 0 Å².